The van der Waals surface area contributed by atoms with Gasteiger partial charge in [0.15, 0.2) is 11.5 Å². The van der Waals surface area contributed by atoms with E-state index in [4.69, 9.17) is 11.6 Å². The summed E-state index contributed by atoms with van der Waals surface area (Å²) in [5.41, 5.74) is -1.46. The summed E-state index contributed by atoms with van der Waals surface area (Å²) in [6.07, 6.45) is 1.78. The third kappa shape index (κ3) is 5.01. The standard InChI is InChI=1S/C24H17ClF3N9O2/c1-35(13-38)12-19-15-4-2-3-5-16(15)20(11-29-19)36-21(24(26,27)28)17(10-33-36)23(39)34-14-8-18(25)22(30-9-14)37-31-6-7-32-37/h2-11,13H,12H2,1H3,(H,34,39). The lowest BCUT2D eigenvalue weighted by Crippen LogP contribution is -2.21. The van der Waals surface area contributed by atoms with E-state index in [1.54, 1.807) is 31.3 Å². The van der Waals surface area contributed by atoms with Crippen molar-refractivity contribution in [1.82, 2.24) is 39.6 Å². The van der Waals surface area contributed by atoms with E-state index in [9.17, 15) is 22.8 Å². The number of aromatic nitrogens is 7. The fourth-order valence-corrected chi connectivity index (χ4v) is 4.19. The number of nitrogens with zero attached hydrogens (tertiary/aromatic N) is 8. The molecule has 5 aromatic rings. The van der Waals surface area contributed by atoms with Gasteiger partial charge in [-0.15, -0.1) is 4.80 Å². The number of alkyl halides is 3. The molecule has 0 fully saturated rings. The van der Waals surface area contributed by atoms with Gasteiger partial charge >= 0.3 is 6.18 Å². The predicted octanol–water partition coefficient (Wildman–Crippen LogP) is 3.91. The maximum absolute atomic E-state index is 14.3. The summed E-state index contributed by atoms with van der Waals surface area (Å²) in [7, 11) is 1.56. The smallest absolute Gasteiger partial charge is 0.342 e. The first-order valence-corrected chi connectivity index (χ1v) is 11.6. The van der Waals surface area contributed by atoms with Gasteiger partial charge in [0, 0.05) is 17.8 Å². The molecule has 2 amide bonds. The average molecular weight is 556 g/mol. The molecule has 1 N–H and O–H groups in total. The molecule has 0 unspecified atom stereocenters. The Hall–Kier alpha value is -4.85. The molecule has 0 spiro atoms. The van der Waals surface area contributed by atoms with Crippen LogP contribution in [-0.4, -0.2) is 59.0 Å². The van der Waals surface area contributed by atoms with Gasteiger partial charge < -0.3 is 10.2 Å². The lowest BCUT2D eigenvalue weighted by atomic mass is 10.1. The number of nitrogens with one attached hydrogen (secondary N) is 1. The number of rotatable bonds is 7. The predicted molar refractivity (Wildman–Crippen MR) is 134 cm³/mol. The van der Waals surface area contributed by atoms with E-state index in [0.29, 0.717) is 27.6 Å². The van der Waals surface area contributed by atoms with E-state index in [1.165, 1.54) is 35.8 Å². The normalized spacial score (nSPS) is 11.5. The van der Waals surface area contributed by atoms with Gasteiger partial charge in [-0.3, -0.25) is 14.6 Å². The molecule has 0 aliphatic heterocycles. The number of amides is 2. The van der Waals surface area contributed by atoms with Crippen LogP contribution in [0.2, 0.25) is 5.02 Å². The second-order valence-corrected chi connectivity index (χ2v) is 8.68. The van der Waals surface area contributed by atoms with Gasteiger partial charge in [-0.25, -0.2) is 9.67 Å². The highest BCUT2D eigenvalue weighted by atomic mass is 35.5. The quantitative estimate of drug-likeness (QED) is 0.302. The summed E-state index contributed by atoms with van der Waals surface area (Å²) in [5, 5.41) is 15.1. The zero-order chi connectivity index (χ0) is 27.7. The molecule has 0 saturated carbocycles. The number of carbonyl (C=O) groups excluding carboxylic acids is 2. The fraction of sp³-hybridized carbons (Fsp3) is 0.125. The van der Waals surface area contributed by atoms with Crippen LogP contribution in [0.25, 0.3) is 22.3 Å². The van der Waals surface area contributed by atoms with Gasteiger partial charge in [0.05, 0.1) is 65.2 Å². The minimum absolute atomic E-state index is 0.00951. The molecule has 4 heterocycles. The lowest BCUT2D eigenvalue weighted by Gasteiger charge is -2.17. The highest BCUT2D eigenvalue weighted by Crippen LogP contribution is 2.36. The van der Waals surface area contributed by atoms with Crippen LogP contribution in [0, 0.1) is 0 Å². The Kier molecular flexibility index (Phi) is 6.70. The van der Waals surface area contributed by atoms with Gasteiger partial charge in [0.1, 0.15) is 0 Å². The Balaban J connectivity index is 1.53. The third-order valence-electron chi connectivity index (χ3n) is 5.63. The molecule has 0 atom stereocenters. The number of hydrogen-bond acceptors (Lipinski definition) is 7. The highest BCUT2D eigenvalue weighted by Gasteiger charge is 2.41. The molecule has 39 heavy (non-hydrogen) atoms. The van der Waals surface area contributed by atoms with Gasteiger partial charge in [0.2, 0.25) is 6.41 Å². The second kappa shape index (κ2) is 10.1. The molecule has 0 saturated heterocycles. The summed E-state index contributed by atoms with van der Waals surface area (Å²) >= 11 is 6.21. The molecule has 0 radical (unpaired) electrons. The first-order valence-electron chi connectivity index (χ1n) is 11.2. The van der Waals surface area contributed by atoms with Crippen LogP contribution in [0.4, 0.5) is 18.9 Å². The van der Waals surface area contributed by atoms with Crippen molar-refractivity contribution in [2.45, 2.75) is 12.7 Å². The van der Waals surface area contributed by atoms with E-state index >= 15 is 0 Å². The number of benzene rings is 1. The minimum Gasteiger partial charge on any atom is -0.342 e. The second-order valence-electron chi connectivity index (χ2n) is 8.27. The van der Waals surface area contributed by atoms with Crippen molar-refractivity contribution in [3.8, 4) is 11.5 Å². The fourth-order valence-electron chi connectivity index (χ4n) is 3.94. The summed E-state index contributed by atoms with van der Waals surface area (Å²) in [5.74, 6) is -0.900. The maximum Gasteiger partial charge on any atom is 0.434 e. The Morgan fingerprint density at radius 3 is 2.46 bits per heavy atom. The molecule has 5 rings (SSSR count). The Bertz CT molecular complexity index is 1690. The van der Waals surface area contributed by atoms with Crippen LogP contribution < -0.4 is 5.32 Å². The van der Waals surface area contributed by atoms with Crippen molar-refractivity contribution in [2.75, 3.05) is 12.4 Å². The van der Waals surface area contributed by atoms with Crippen LogP contribution in [0.5, 0.6) is 0 Å². The van der Waals surface area contributed by atoms with Crippen molar-refractivity contribution in [1.29, 1.82) is 0 Å². The third-order valence-corrected chi connectivity index (χ3v) is 5.91. The van der Waals surface area contributed by atoms with Crippen molar-refractivity contribution < 1.29 is 22.8 Å². The molecule has 0 bridgehead atoms. The molecule has 11 nitrogen and oxygen atoms in total. The van der Waals surface area contributed by atoms with E-state index in [2.05, 4.69) is 30.6 Å². The van der Waals surface area contributed by atoms with Crippen molar-refractivity contribution in [3.05, 3.63) is 83.3 Å². The Morgan fingerprint density at radius 2 is 1.79 bits per heavy atom. The molecular weight excluding hydrogens is 539 g/mol. The zero-order valence-corrected chi connectivity index (χ0v) is 20.7. The Labute approximate surface area is 222 Å². The van der Waals surface area contributed by atoms with E-state index in [0.717, 1.165) is 11.0 Å². The van der Waals surface area contributed by atoms with E-state index < -0.39 is 23.3 Å². The van der Waals surface area contributed by atoms with Gasteiger partial charge in [-0.2, -0.15) is 28.5 Å². The summed E-state index contributed by atoms with van der Waals surface area (Å²) in [6.45, 7) is 0.148. The first kappa shape index (κ1) is 25.8. The molecule has 1 aromatic carbocycles. The Morgan fingerprint density at radius 1 is 1.08 bits per heavy atom. The van der Waals surface area contributed by atoms with E-state index in [-0.39, 0.29) is 28.8 Å². The SMILES string of the molecule is CN(C=O)Cc1ncc(-n2ncc(C(=O)Nc3cnc(-n4nccn4)c(Cl)c3)c2C(F)(F)F)c2ccccc12. The van der Waals surface area contributed by atoms with Crippen molar-refractivity contribution in [2.24, 2.45) is 0 Å². The largest absolute Gasteiger partial charge is 0.434 e. The molecule has 4 aromatic heterocycles. The summed E-state index contributed by atoms with van der Waals surface area (Å²) in [6, 6.07) is 7.97. The number of hydrogen-bond donors (Lipinski definition) is 1. The summed E-state index contributed by atoms with van der Waals surface area (Å²) in [4.78, 5) is 35.0. The molecular formula is C24H17ClF3N9O2. The van der Waals surface area contributed by atoms with Crippen LogP contribution in [-0.2, 0) is 17.5 Å². The monoisotopic (exact) mass is 555 g/mol. The molecule has 198 valence electrons. The molecule has 15 heteroatoms. The molecule has 0 aliphatic carbocycles. The lowest BCUT2D eigenvalue weighted by molar-refractivity contribution is -0.143. The average Bonchev–Trinajstić information content (AvgIpc) is 3.59. The van der Waals surface area contributed by atoms with Crippen LogP contribution in [0.3, 0.4) is 0 Å². The first-order chi connectivity index (χ1) is 18.7. The zero-order valence-electron chi connectivity index (χ0n) is 20.0. The number of pyridine rings is 2. The maximum atomic E-state index is 14.3. The van der Waals surface area contributed by atoms with Gasteiger partial charge in [0.25, 0.3) is 5.91 Å². The number of halogens is 4. The number of fused-ring (bicyclic) bond motifs is 1. The number of carbonyl (C=O) groups is 2. The number of anilines is 1. The summed E-state index contributed by atoms with van der Waals surface area (Å²) < 4.78 is 43.7. The minimum atomic E-state index is -4.95. The molecule has 0 aliphatic rings. The van der Waals surface area contributed by atoms with Crippen molar-refractivity contribution >= 4 is 40.4 Å². The van der Waals surface area contributed by atoms with Crippen LogP contribution >= 0.6 is 11.6 Å². The van der Waals surface area contributed by atoms with Crippen LogP contribution in [0.15, 0.2) is 61.3 Å². The van der Waals surface area contributed by atoms with Gasteiger partial charge in [-0.05, 0) is 6.07 Å². The topological polar surface area (TPSA) is 124 Å². The van der Waals surface area contributed by atoms with E-state index in [1.807, 2.05) is 0 Å². The highest BCUT2D eigenvalue weighted by molar-refractivity contribution is 6.32. The van der Waals surface area contributed by atoms with Crippen LogP contribution in [0.1, 0.15) is 21.7 Å². The van der Waals surface area contributed by atoms with Gasteiger partial charge in [-0.1, -0.05) is 35.9 Å². The van der Waals surface area contributed by atoms with Crippen molar-refractivity contribution in [3.63, 3.8) is 0 Å².